The van der Waals surface area contributed by atoms with Crippen LogP contribution in [0.15, 0.2) is 16.0 Å². The summed E-state index contributed by atoms with van der Waals surface area (Å²) in [6.45, 7) is 6.26. The lowest BCUT2D eigenvalue weighted by atomic mass is 9.93. The van der Waals surface area contributed by atoms with Crippen molar-refractivity contribution in [3.8, 4) is 5.88 Å². The molecule has 0 bridgehead atoms. The zero-order valence-electron chi connectivity index (χ0n) is 12.6. The Morgan fingerprint density at radius 3 is 2.81 bits per heavy atom. The lowest BCUT2D eigenvalue weighted by Gasteiger charge is -2.14. The van der Waals surface area contributed by atoms with E-state index in [1.807, 2.05) is 5.38 Å². The van der Waals surface area contributed by atoms with Crippen LogP contribution in [0.5, 0.6) is 5.88 Å². The van der Waals surface area contributed by atoms with E-state index in [9.17, 15) is 4.79 Å². The van der Waals surface area contributed by atoms with Gasteiger partial charge in [0.25, 0.3) is 5.88 Å². The van der Waals surface area contributed by atoms with E-state index >= 15 is 0 Å². The molecule has 0 saturated heterocycles. The zero-order valence-corrected chi connectivity index (χ0v) is 13.4. The third-order valence-corrected chi connectivity index (χ3v) is 3.62. The lowest BCUT2D eigenvalue weighted by Crippen LogP contribution is -2.14. The molecule has 0 fully saturated rings. The van der Waals surface area contributed by atoms with Gasteiger partial charge in [-0.05, 0) is 5.16 Å². The fourth-order valence-electron chi connectivity index (χ4n) is 1.60. The van der Waals surface area contributed by atoms with Gasteiger partial charge in [-0.3, -0.25) is 4.79 Å². The lowest BCUT2D eigenvalue weighted by molar-refractivity contribution is -0.116. The highest BCUT2D eigenvalue weighted by Gasteiger charge is 2.18. The van der Waals surface area contributed by atoms with Gasteiger partial charge in [0.1, 0.15) is 5.76 Å². The van der Waals surface area contributed by atoms with E-state index < -0.39 is 0 Å². The molecule has 0 aromatic carbocycles. The normalized spacial score (nSPS) is 11.4. The number of ether oxygens (including phenoxy) is 1. The van der Waals surface area contributed by atoms with Crippen molar-refractivity contribution in [1.29, 1.82) is 0 Å². The molecule has 0 unspecified atom stereocenters. The van der Waals surface area contributed by atoms with Gasteiger partial charge in [-0.25, -0.2) is 4.98 Å². The Bertz CT molecular complexity index is 613. The number of nitrogens with one attached hydrogen (secondary N) is 1. The van der Waals surface area contributed by atoms with E-state index in [1.54, 1.807) is 6.07 Å². The summed E-state index contributed by atoms with van der Waals surface area (Å²) in [5.74, 6) is 0.942. The van der Waals surface area contributed by atoms with Crippen molar-refractivity contribution >= 4 is 22.4 Å². The zero-order chi connectivity index (χ0) is 15.5. The van der Waals surface area contributed by atoms with Gasteiger partial charge >= 0.3 is 0 Å². The largest absolute Gasteiger partial charge is 0.479 e. The SMILES string of the molecule is COc1cc(CCC(=O)Nc2nc(C(C)(C)C)cs2)on1. The third-order valence-electron chi connectivity index (χ3n) is 2.86. The second kappa shape index (κ2) is 6.26. The van der Waals surface area contributed by atoms with E-state index in [-0.39, 0.29) is 11.3 Å². The van der Waals surface area contributed by atoms with E-state index in [0.29, 0.717) is 29.6 Å². The Kier molecular flexibility index (Phi) is 4.62. The Hall–Kier alpha value is -1.89. The maximum atomic E-state index is 11.9. The van der Waals surface area contributed by atoms with Crippen molar-refractivity contribution in [2.24, 2.45) is 0 Å². The van der Waals surface area contributed by atoms with Crippen LogP contribution in [0.3, 0.4) is 0 Å². The number of amides is 1. The molecule has 0 radical (unpaired) electrons. The van der Waals surface area contributed by atoms with Crippen LogP contribution < -0.4 is 10.1 Å². The summed E-state index contributed by atoms with van der Waals surface area (Å²) in [6.07, 6.45) is 0.780. The van der Waals surface area contributed by atoms with Crippen molar-refractivity contribution in [1.82, 2.24) is 10.1 Å². The van der Waals surface area contributed by atoms with Crippen LogP contribution in [-0.4, -0.2) is 23.2 Å². The first-order chi connectivity index (χ1) is 9.88. The summed E-state index contributed by atoms with van der Waals surface area (Å²) in [5.41, 5.74) is 0.957. The van der Waals surface area contributed by atoms with Gasteiger partial charge < -0.3 is 14.6 Å². The molecule has 0 aliphatic heterocycles. The third kappa shape index (κ3) is 4.29. The van der Waals surface area contributed by atoms with E-state index in [4.69, 9.17) is 9.26 Å². The monoisotopic (exact) mass is 309 g/mol. The number of thiazole rings is 1. The number of anilines is 1. The van der Waals surface area contributed by atoms with Crippen LogP contribution >= 0.6 is 11.3 Å². The molecule has 0 spiro atoms. The Balaban J connectivity index is 1.85. The molecule has 2 heterocycles. The number of carbonyl (C=O) groups excluding carboxylic acids is 1. The van der Waals surface area contributed by atoms with Crippen LogP contribution in [0.2, 0.25) is 0 Å². The minimum absolute atomic E-state index is 0.0180. The first-order valence-electron chi connectivity index (χ1n) is 6.64. The molecule has 1 amide bonds. The average Bonchev–Trinajstić information content (AvgIpc) is 3.04. The summed E-state index contributed by atoms with van der Waals surface area (Å²) >= 11 is 1.44. The average molecular weight is 309 g/mol. The van der Waals surface area contributed by atoms with Crippen LogP contribution in [0.1, 0.15) is 38.6 Å². The van der Waals surface area contributed by atoms with E-state index in [2.05, 4.69) is 36.2 Å². The molecular weight excluding hydrogens is 290 g/mol. The van der Waals surface area contributed by atoms with Gasteiger partial charge in [-0.2, -0.15) is 0 Å². The molecular formula is C14H19N3O3S. The molecule has 2 aromatic rings. The molecule has 114 valence electrons. The molecule has 0 saturated carbocycles. The number of carbonyl (C=O) groups is 1. The first kappa shape index (κ1) is 15.5. The van der Waals surface area contributed by atoms with Gasteiger partial charge in [0.05, 0.1) is 12.8 Å². The van der Waals surface area contributed by atoms with Gasteiger partial charge in [0.15, 0.2) is 5.13 Å². The van der Waals surface area contributed by atoms with E-state index in [1.165, 1.54) is 18.4 Å². The highest BCUT2D eigenvalue weighted by molar-refractivity contribution is 7.13. The maximum absolute atomic E-state index is 11.9. The number of hydrogen-bond donors (Lipinski definition) is 1. The van der Waals surface area contributed by atoms with Crippen LogP contribution in [0.25, 0.3) is 0 Å². The quantitative estimate of drug-likeness (QED) is 0.918. The summed E-state index contributed by atoms with van der Waals surface area (Å²) in [7, 11) is 1.52. The van der Waals surface area contributed by atoms with Crippen molar-refractivity contribution in [3.05, 3.63) is 22.9 Å². The summed E-state index contributed by atoms with van der Waals surface area (Å²) in [6, 6.07) is 1.67. The van der Waals surface area contributed by atoms with Crippen molar-refractivity contribution < 1.29 is 14.1 Å². The van der Waals surface area contributed by atoms with Gasteiger partial charge in [-0.15, -0.1) is 11.3 Å². The van der Waals surface area contributed by atoms with Crippen LogP contribution in [0.4, 0.5) is 5.13 Å². The summed E-state index contributed by atoms with van der Waals surface area (Å²) < 4.78 is 9.96. The summed E-state index contributed by atoms with van der Waals surface area (Å²) in [5, 5.41) is 9.08. The molecule has 0 atom stereocenters. The first-order valence-corrected chi connectivity index (χ1v) is 7.52. The Morgan fingerprint density at radius 1 is 1.48 bits per heavy atom. The van der Waals surface area contributed by atoms with Gasteiger partial charge in [-0.1, -0.05) is 20.8 Å². The molecule has 2 rings (SSSR count). The predicted octanol–water partition coefficient (Wildman–Crippen LogP) is 3.01. The topological polar surface area (TPSA) is 77.2 Å². The number of methoxy groups -OCH3 is 1. The fraction of sp³-hybridized carbons (Fsp3) is 0.500. The second-order valence-electron chi connectivity index (χ2n) is 5.67. The second-order valence-corrected chi connectivity index (χ2v) is 6.53. The highest BCUT2D eigenvalue weighted by Crippen LogP contribution is 2.26. The predicted molar refractivity (Wildman–Crippen MR) is 80.8 cm³/mol. The van der Waals surface area contributed by atoms with Crippen LogP contribution in [-0.2, 0) is 16.6 Å². The number of rotatable bonds is 5. The standard InChI is InChI=1S/C14H19N3O3S/c1-14(2,3)10-8-21-13(15-10)16-11(18)6-5-9-7-12(19-4)17-20-9/h7-8H,5-6H2,1-4H3,(H,15,16,18). The number of hydrogen-bond acceptors (Lipinski definition) is 6. The van der Waals surface area contributed by atoms with Crippen molar-refractivity contribution in [3.63, 3.8) is 0 Å². The highest BCUT2D eigenvalue weighted by atomic mass is 32.1. The minimum atomic E-state index is -0.0971. The molecule has 0 aliphatic carbocycles. The van der Waals surface area contributed by atoms with Crippen molar-refractivity contribution in [2.45, 2.75) is 39.0 Å². The molecule has 2 aromatic heterocycles. The molecule has 0 aliphatic rings. The number of aromatic nitrogens is 2. The smallest absolute Gasteiger partial charge is 0.254 e. The van der Waals surface area contributed by atoms with E-state index in [0.717, 1.165) is 5.69 Å². The van der Waals surface area contributed by atoms with Crippen molar-refractivity contribution in [2.75, 3.05) is 12.4 Å². The Labute approximate surface area is 127 Å². The molecule has 7 heteroatoms. The van der Waals surface area contributed by atoms with Gasteiger partial charge in [0.2, 0.25) is 5.91 Å². The maximum Gasteiger partial charge on any atom is 0.254 e. The number of aryl methyl sites for hydroxylation is 1. The summed E-state index contributed by atoms with van der Waals surface area (Å²) in [4.78, 5) is 16.3. The number of nitrogens with zero attached hydrogens (tertiary/aromatic N) is 2. The van der Waals surface area contributed by atoms with Gasteiger partial charge in [0, 0.05) is 29.7 Å². The van der Waals surface area contributed by atoms with Crippen LogP contribution in [0, 0.1) is 0 Å². The molecule has 1 N–H and O–H groups in total. The molecule has 21 heavy (non-hydrogen) atoms. The Morgan fingerprint density at radius 2 is 2.24 bits per heavy atom. The minimum Gasteiger partial charge on any atom is -0.479 e. The molecule has 6 nitrogen and oxygen atoms in total. The fourth-order valence-corrected chi connectivity index (χ4v) is 2.56.